The number of amides is 1. The molecule has 0 bridgehead atoms. The number of hydrogen-bond acceptors (Lipinski definition) is 5. The molecule has 0 aromatic heterocycles. The van der Waals surface area contributed by atoms with Crippen LogP contribution in [-0.2, 0) is 9.84 Å². The second-order valence-corrected chi connectivity index (χ2v) is 8.06. The Balaban J connectivity index is 3.02. The van der Waals surface area contributed by atoms with Gasteiger partial charge in [0.1, 0.15) is 0 Å². The number of aliphatic hydroxyl groups is 1. The van der Waals surface area contributed by atoms with Crippen LogP contribution >= 0.6 is 11.8 Å². The Hall–Kier alpha value is -1.05. The van der Waals surface area contributed by atoms with Crippen molar-refractivity contribution in [3.63, 3.8) is 0 Å². The van der Waals surface area contributed by atoms with E-state index < -0.39 is 9.84 Å². The van der Waals surface area contributed by atoms with Crippen LogP contribution in [0.2, 0.25) is 0 Å². The monoisotopic (exact) mass is 331 g/mol. The lowest BCUT2D eigenvalue weighted by molar-refractivity contribution is 0.0935. The normalized spacial score (nSPS) is 14.5. The maximum Gasteiger partial charge on any atom is 0.251 e. The lowest BCUT2D eigenvalue weighted by Gasteiger charge is -2.21. The molecule has 1 amide bonds. The van der Waals surface area contributed by atoms with Crippen LogP contribution in [0.1, 0.15) is 22.8 Å². The van der Waals surface area contributed by atoms with Crippen molar-refractivity contribution in [1.29, 1.82) is 0 Å². The molecular weight excluding hydrogens is 310 g/mol. The maximum atomic E-state index is 12.3. The molecule has 0 aliphatic rings. The third-order valence-electron chi connectivity index (χ3n) is 3.28. The maximum absolute atomic E-state index is 12.3. The third kappa shape index (κ3) is 4.72. The summed E-state index contributed by atoms with van der Waals surface area (Å²) >= 11 is 1.47. The summed E-state index contributed by atoms with van der Waals surface area (Å²) in [6, 6.07) is 4.27. The molecular formula is C14H21NO4S2. The summed E-state index contributed by atoms with van der Waals surface area (Å²) in [5, 5.41) is 11.9. The average molecular weight is 331 g/mol. The van der Waals surface area contributed by atoms with Crippen molar-refractivity contribution >= 4 is 27.5 Å². The SMILES string of the molecule is CSC(CO)C(C)NC(=O)c1cc(S(C)(=O)=O)ccc1C. The van der Waals surface area contributed by atoms with Crippen LogP contribution in [-0.4, -0.2) is 49.8 Å². The molecule has 2 N–H and O–H groups in total. The zero-order chi connectivity index (χ0) is 16.2. The third-order valence-corrected chi connectivity index (χ3v) is 5.55. The van der Waals surface area contributed by atoms with Gasteiger partial charge in [0, 0.05) is 23.1 Å². The summed E-state index contributed by atoms with van der Waals surface area (Å²) in [6.45, 7) is 3.53. The second kappa shape index (κ2) is 7.29. The van der Waals surface area contributed by atoms with Crippen molar-refractivity contribution in [2.24, 2.45) is 0 Å². The summed E-state index contributed by atoms with van der Waals surface area (Å²) in [6.07, 6.45) is 2.97. The molecule has 1 aromatic rings. The molecule has 7 heteroatoms. The predicted molar refractivity (Wildman–Crippen MR) is 85.6 cm³/mol. The molecule has 2 atom stereocenters. The van der Waals surface area contributed by atoms with Crippen LogP contribution in [0.3, 0.4) is 0 Å². The van der Waals surface area contributed by atoms with Crippen molar-refractivity contribution in [3.05, 3.63) is 29.3 Å². The van der Waals surface area contributed by atoms with Gasteiger partial charge in [-0.1, -0.05) is 6.07 Å². The van der Waals surface area contributed by atoms with Gasteiger partial charge in [-0.25, -0.2) is 8.42 Å². The first-order valence-electron chi connectivity index (χ1n) is 6.46. The van der Waals surface area contributed by atoms with Crippen LogP contribution in [0.15, 0.2) is 23.1 Å². The van der Waals surface area contributed by atoms with Crippen molar-refractivity contribution in [1.82, 2.24) is 5.32 Å². The summed E-state index contributed by atoms with van der Waals surface area (Å²) in [5.41, 5.74) is 1.04. The Morgan fingerprint density at radius 1 is 1.43 bits per heavy atom. The van der Waals surface area contributed by atoms with E-state index in [9.17, 15) is 18.3 Å². The van der Waals surface area contributed by atoms with Gasteiger partial charge in [0.2, 0.25) is 0 Å². The van der Waals surface area contributed by atoms with Crippen LogP contribution < -0.4 is 5.32 Å². The zero-order valence-corrected chi connectivity index (χ0v) is 14.2. The molecule has 5 nitrogen and oxygen atoms in total. The summed E-state index contributed by atoms with van der Waals surface area (Å²) in [7, 11) is -3.35. The van der Waals surface area contributed by atoms with Gasteiger partial charge in [0.15, 0.2) is 9.84 Å². The van der Waals surface area contributed by atoms with Crippen LogP contribution in [0.4, 0.5) is 0 Å². The standard InChI is InChI=1S/C14H21NO4S2/c1-9-5-6-11(21(4,18)19)7-12(9)14(17)15-10(2)13(8-16)20-3/h5-7,10,13,16H,8H2,1-4H3,(H,15,17). The van der Waals surface area contributed by atoms with Gasteiger partial charge in [-0.2, -0.15) is 11.8 Å². The van der Waals surface area contributed by atoms with Crippen LogP contribution in [0, 0.1) is 6.92 Å². The molecule has 0 aliphatic carbocycles. The van der Waals surface area contributed by atoms with Gasteiger partial charge in [0.05, 0.1) is 11.5 Å². The van der Waals surface area contributed by atoms with E-state index in [0.717, 1.165) is 6.26 Å². The number of thioether (sulfide) groups is 1. The highest BCUT2D eigenvalue weighted by molar-refractivity contribution is 7.99. The lowest BCUT2D eigenvalue weighted by Crippen LogP contribution is -2.41. The van der Waals surface area contributed by atoms with Gasteiger partial charge in [-0.3, -0.25) is 4.79 Å². The Labute approximate surface area is 130 Å². The predicted octanol–water partition coefficient (Wildman–Crippen LogP) is 1.24. The topological polar surface area (TPSA) is 83.5 Å². The molecule has 21 heavy (non-hydrogen) atoms. The van der Waals surface area contributed by atoms with Gasteiger partial charge in [0.25, 0.3) is 5.91 Å². The molecule has 2 unspecified atom stereocenters. The number of aryl methyl sites for hydroxylation is 1. The largest absolute Gasteiger partial charge is 0.395 e. The number of benzene rings is 1. The molecule has 0 fully saturated rings. The lowest BCUT2D eigenvalue weighted by atomic mass is 10.1. The van der Waals surface area contributed by atoms with Gasteiger partial charge >= 0.3 is 0 Å². The fraction of sp³-hybridized carbons (Fsp3) is 0.500. The molecule has 0 saturated carbocycles. The molecule has 1 rings (SSSR count). The van der Waals surface area contributed by atoms with Gasteiger partial charge in [-0.15, -0.1) is 0 Å². The number of rotatable bonds is 6. The van der Waals surface area contributed by atoms with Crippen LogP contribution in [0.25, 0.3) is 0 Å². The van der Waals surface area contributed by atoms with E-state index >= 15 is 0 Å². The minimum absolute atomic E-state index is 0.0367. The number of carbonyl (C=O) groups excluding carboxylic acids is 1. The molecule has 1 aromatic carbocycles. The summed E-state index contributed by atoms with van der Waals surface area (Å²) in [5.74, 6) is -0.335. The molecule has 0 aliphatic heterocycles. The Kier molecular flexibility index (Phi) is 6.24. The first-order chi connectivity index (χ1) is 9.70. The van der Waals surface area contributed by atoms with Gasteiger partial charge in [-0.05, 0) is 37.8 Å². The molecule has 0 spiro atoms. The van der Waals surface area contributed by atoms with Crippen molar-refractivity contribution in [2.75, 3.05) is 19.1 Å². The highest BCUT2D eigenvalue weighted by Gasteiger charge is 2.20. The van der Waals surface area contributed by atoms with E-state index in [1.165, 1.54) is 23.9 Å². The molecule has 0 radical (unpaired) electrons. The smallest absolute Gasteiger partial charge is 0.251 e. The second-order valence-electron chi connectivity index (χ2n) is 4.97. The van der Waals surface area contributed by atoms with Gasteiger partial charge < -0.3 is 10.4 Å². The van der Waals surface area contributed by atoms with Crippen LogP contribution in [0.5, 0.6) is 0 Å². The zero-order valence-electron chi connectivity index (χ0n) is 12.6. The first-order valence-corrected chi connectivity index (χ1v) is 9.63. The number of aliphatic hydroxyl groups excluding tert-OH is 1. The summed E-state index contributed by atoms with van der Waals surface area (Å²) < 4.78 is 23.1. The quantitative estimate of drug-likeness (QED) is 0.819. The Morgan fingerprint density at radius 3 is 2.52 bits per heavy atom. The summed E-state index contributed by atoms with van der Waals surface area (Å²) in [4.78, 5) is 12.4. The Bertz CT molecular complexity index is 609. The van der Waals surface area contributed by atoms with E-state index in [4.69, 9.17) is 0 Å². The number of sulfone groups is 1. The number of carbonyl (C=O) groups is 1. The molecule has 118 valence electrons. The average Bonchev–Trinajstić information content (AvgIpc) is 2.39. The van der Waals surface area contributed by atoms with E-state index in [-0.39, 0.29) is 28.7 Å². The minimum atomic E-state index is -3.35. The fourth-order valence-corrected chi connectivity index (χ4v) is 3.16. The highest BCUT2D eigenvalue weighted by Crippen LogP contribution is 2.17. The van der Waals surface area contributed by atoms with E-state index in [2.05, 4.69) is 5.32 Å². The van der Waals surface area contributed by atoms with Crippen molar-refractivity contribution in [2.45, 2.75) is 30.0 Å². The van der Waals surface area contributed by atoms with E-state index in [1.54, 1.807) is 13.0 Å². The fourth-order valence-electron chi connectivity index (χ4n) is 1.89. The highest BCUT2D eigenvalue weighted by atomic mass is 32.2. The number of nitrogens with one attached hydrogen (secondary N) is 1. The molecule has 0 saturated heterocycles. The van der Waals surface area contributed by atoms with Crippen molar-refractivity contribution < 1.29 is 18.3 Å². The first kappa shape index (κ1) is 18.0. The van der Waals surface area contributed by atoms with Crippen molar-refractivity contribution in [3.8, 4) is 0 Å². The Morgan fingerprint density at radius 2 is 2.05 bits per heavy atom. The minimum Gasteiger partial charge on any atom is -0.395 e. The number of hydrogen-bond donors (Lipinski definition) is 2. The van der Waals surface area contributed by atoms with E-state index in [1.807, 2.05) is 13.2 Å². The molecule has 0 heterocycles. The van der Waals surface area contributed by atoms with E-state index in [0.29, 0.717) is 11.1 Å².